The van der Waals surface area contributed by atoms with Gasteiger partial charge in [0.15, 0.2) is 5.13 Å². The molecule has 190 valence electrons. The van der Waals surface area contributed by atoms with Crippen LogP contribution in [0, 0.1) is 6.92 Å². The number of carbonyl (C=O) groups excluding carboxylic acids is 1. The van der Waals surface area contributed by atoms with E-state index in [0.717, 1.165) is 42.1 Å². The standard InChI is InChI=1S/C25H30N6O4S/c1-15-20(21(32)33)36-24(27-15)30-23-28-18(13-19(29-23)31-12-6-5-11-25(31,2)3)26-14-16-7-9-17(10-8-16)22(34)35-4/h7-10,13H,5-6,11-12,14H2,1-4H3,(H,32,33)(H2,26,27,28,29,30). The summed E-state index contributed by atoms with van der Waals surface area (Å²) in [6.45, 7) is 7.45. The second-order valence-electron chi connectivity index (χ2n) is 9.26. The fraction of sp³-hybridized carbons (Fsp3) is 0.400. The number of aromatic carboxylic acids is 1. The number of nitrogens with one attached hydrogen (secondary N) is 2. The largest absolute Gasteiger partial charge is 0.477 e. The molecular weight excluding hydrogens is 480 g/mol. The highest BCUT2D eigenvalue weighted by atomic mass is 32.1. The van der Waals surface area contributed by atoms with Gasteiger partial charge < -0.3 is 20.1 Å². The van der Waals surface area contributed by atoms with Crippen LogP contribution < -0.4 is 15.5 Å². The van der Waals surface area contributed by atoms with E-state index >= 15 is 0 Å². The number of benzene rings is 1. The van der Waals surface area contributed by atoms with Crippen molar-refractivity contribution in [1.82, 2.24) is 15.0 Å². The molecule has 3 aromatic rings. The third-order valence-electron chi connectivity index (χ3n) is 6.20. The highest BCUT2D eigenvalue weighted by Crippen LogP contribution is 2.33. The molecule has 1 aliphatic rings. The molecule has 1 saturated heterocycles. The number of nitrogens with zero attached hydrogens (tertiary/aromatic N) is 4. The lowest BCUT2D eigenvalue weighted by Crippen LogP contribution is -2.48. The highest BCUT2D eigenvalue weighted by molar-refractivity contribution is 7.17. The summed E-state index contributed by atoms with van der Waals surface area (Å²) in [6.07, 6.45) is 3.31. The van der Waals surface area contributed by atoms with Crippen molar-refractivity contribution in [3.8, 4) is 0 Å². The van der Waals surface area contributed by atoms with Crippen molar-refractivity contribution in [3.63, 3.8) is 0 Å². The Morgan fingerprint density at radius 3 is 2.56 bits per heavy atom. The first-order chi connectivity index (χ1) is 17.2. The van der Waals surface area contributed by atoms with Crippen molar-refractivity contribution in [3.05, 3.63) is 52.0 Å². The zero-order valence-corrected chi connectivity index (χ0v) is 21.6. The molecule has 3 N–H and O–H groups in total. The zero-order valence-electron chi connectivity index (χ0n) is 20.8. The summed E-state index contributed by atoms with van der Waals surface area (Å²) in [5.74, 6) is 0.352. The number of esters is 1. The van der Waals surface area contributed by atoms with Crippen LogP contribution in [-0.2, 0) is 11.3 Å². The van der Waals surface area contributed by atoms with Gasteiger partial charge >= 0.3 is 11.9 Å². The number of hydrogen-bond donors (Lipinski definition) is 3. The van der Waals surface area contributed by atoms with E-state index in [-0.39, 0.29) is 16.4 Å². The number of aromatic nitrogens is 3. The van der Waals surface area contributed by atoms with Crippen molar-refractivity contribution in [2.75, 3.05) is 29.2 Å². The Labute approximate surface area is 213 Å². The molecule has 0 unspecified atom stereocenters. The lowest BCUT2D eigenvalue weighted by Gasteiger charge is -2.43. The van der Waals surface area contributed by atoms with Crippen LogP contribution in [0.4, 0.5) is 22.7 Å². The van der Waals surface area contributed by atoms with Gasteiger partial charge in [0.1, 0.15) is 16.5 Å². The maximum Gasteiger partial charge on any atom is 0.347 e. The third kappa shape index (κ3) is 5.73. The second kappa shape index (κ2) is 10.5. The molecule has 2 aromatic heterocycles. The minimum atomic E-state index is -1.01. The minimum Gasteiger partial charge on any atom is -0.477 e. The number of thiazole rings is 1. The van der Waals surface area contributed by atoms with E-state index < -0.39 is 5.97 Å². The number of ether oxygens (including phenoxy) is 1. The average Bonchev–Trinajstić information content (AvgIpc) is 3.22. The van der Waals surface area contributed by atoms with Crippen LogP contribution in [-0.4, -0.2) is 51.2 Å². The van der Waals surface area contributed by atoms with Gasteiger partial charge in [-0.1, -0.05) is 23.5 Å². The Morgan fingerprint density at radius 2 is 1.92 bits per heavy atom. The number of piperidine rings is 1. The van der Waals surface area contributed by atoms with Crippen molar-refractivity contribution in [2.45, 2.75) is 52.1 Å². The summed E-state index contributed by atoms with van der Waals surface area (Å²) < 4.78 is 4.76. The molecule has 0 saturated carbocycles. The maximum atomic E-state index is 11.7. The lowest BCUT2D eigenvalue weighted by molar-refractivity contribution is 0.0599. The van der Waals surface area contributed by atoms with Crippen LogP contribution in [0.25, 0.3) is 0 Å². The molecule has 0 amide bonds. The minimum absolute atomic E-state index is 0.0564. The number of carboxylic acid groups (broad SMARTS) is 1. The van der Waals surface area contributed by atoms with E-state index in [0.29, 0.717) is 34.7 Å². The molecule has 11 heteroatoms. The Kier molecular flexibility index (Phi) is 7.39. The van der Waals surface area contributed by atoms with E-state index in [9.17, 15) is 14.7 Å². The van der Waals surface area contributed by atoms with Crippen LogP contribution in [0.1, 0.15) is 64.4 Å². The Balaban J connectivity index is 1.60. The van der Waals surface area contributed by atoms with Crippen LogP contribution in [0.5, 0.6) is 0 Å². The summed E-state index contributed by atoms with van der Waals surface area (Å²) >= 11 is 1.05. The Morgan fingerprint density at radius 1 is 1.17 bits per heavy atom. The fourth-order valence-corrected chi connectivity index (χ4v) is 5.02. The number of methoxy groups -OCH3 is 1. The molecule has 10 nitrogen and oxygen atoms in total. The number of rotatable bonds is 8. The van der Waals surface area contributed by atoms with Gasteiger partial charge in [0.05, 0.1) is 18.4 Å². The van der Waals surface area contributed by atoms with E-state index in [1.165, 1.54) is 13.5 Å². The van der Waals surface area contributed by atoms with E-state index in [1.807, 2.05) is 18.2 Å². The zero-order chi connectivity index (χ0) is 25.9. The summed E-state index contributed by atoms with van der Waals surface area (Å²) in [5.41, 5.74) is 1.84. The normalized spacial score (nSPS) is 14.8. The van der Waals surface area contributed by atoms with Gasteiger partial charge in [0.25, 0.3) is 0 Å². The quantitative estimate of drug-likeness (QED) is 0.362. The molecule has 0 radical (unpaired) electrons. The molecule has 3 heterocycles. The van der Waals surface area contributed by atoms with Crippen molar-refractivity contribution >= 4 is 46.0 Å². The number of hydrogen-bond acceptors (Lipinski definition) is 10. The summed E-state index contributed by atoms with van der Waals surface area (Å²) in [4.78, 5) is 39.3. The molecule has 0 atom stereocenters. The lowest BCUT2D eigenvalue weighted by atomic mass is 9.90. The van der Waals surface area contributed by atoms with Gasteiger partial charge in [-0.2, -0.15) is 9.97 Å². The number of anilines is 4. The maximum absolute atomic E-state index is 11.7. The van der Waals surface area contributed by atoms with Gasteiger partial charge in [0, 0.05) is 24.7 Å². The molecule has 1 aliphatic heterocycles. The SMILES string of the molecule is COC(=O)c1ccc(CNc2cc(N3CCCCC3(C)C)nc(Nc3nc(C)c(C(=O)O)s3)n2)cc1. The van der Waals surface area contributed by atoms with Crippen LogP contribution in [0.15, 0.2) is 30.3 Å². The van der Waals surface area contributed by atoms with E-state index in [1.54, 1.807) is 19.1 Å². The Bertz CT molecular complexity index is 1260. The van der Waals surface area contributed by atoms with Crippen LogP contribution in [0.3, 0.4) is 0 Å². The first kappa shape index (κ1) is 25.4. The number of carbonyl (C=O) groups is 2. The predicted molar refractivity (Wildman–Crippen MR) is 140 cm³/mol. The van der Waals surface area contributed by atoms with Crippen molar-refractivity contribution < 1.29 is 19.4 Å². The summed E-state index contributed by atoms with van der Waals surface area (Å²) in [6, 6.07) is 9.10. The van der Waals surface area contributed by atoms with Gasteiger partial charge in [-0.05, 0) is 57.7 Å². The first-order valence-electron chi connectivity index (χ1n) is 11.7. The molecule has 0 bridgehead atoms. The topological polar surface area (TPSA) is 130 Å². The van der Waals surface area contributed by atoms with E-state index in [4.69, 9.17) is 9.72 Å². The first-order valence-corrected chi connectivity index (χ1v) is 12.5. The fourth-order valence-electron chi connectivity index (χ4n) is 4.22. The predicted octanol–water partition coefficient (Wildman–Crippen LogP) is 4.85. The molecular formula is C25H30N6O4S. The van der Waals surface area contributed by atoms with Crippen LogP contribution >= 0.6 is 11.3 Å². The van der Waals surface area contributed by atoms with Crippen LogP contribution in [0.2, 0.25) is 0 Å². The average molecular weight is 511 g/mol. The van der Waals surface area contributed by atoms with Gasteiger partial charge in [-0.3, -0.25) is 5.32 Å². The highest BCUT2D eigenvalue weighted by Gasteiger charge is 2.31. The van der Waals surface area contributed by atoms with Gasteiger partial charge in [0.2, 0.25) is 5.95 Å². The monoisotopic (exact) mass is 510 g/mol. The molecule has 1 fully saturated rings. The second-order valence-corrected chi connectivity index (χ2v) is 10.3. The molecule has 36 heavy (non-hydrogen) atoms. The number of aryl methyl sites for hydroxylation is 1. The summed E-state index contributed by atoms with van der Waals surface area (Å²) in [5, 5.41) is 16.2. The smallest absolute Gasteiger partial charge is 0.347 e. The Hall–Kier alpha value is -3.73. The number of carboxylic acids is 1. The van der Waals surface area contributed by atoms with Crippen molar-refractivity contribution in [1.29, 1.82) is 0 Å². The molecule has 0 spiro atoms. The molecule has 4 rings (SSSR count). The third-order valence-corrected chi connectivity index (χ3v) is 7.26. The van der Waals surface area contributed by atoms with Gasteiger partial charge in [-0.15, -0.1) is 0 Å². The molecule has 0 aliphatic carbocycles. The van der Waals surface area contributed by atoms with Crippen molar-refractivity contribution in [2.24, 2.45) is 0 Å². The van der Waals surface area contributed by atoms with E-state index in [2.05, 4.69) is 39.3 Å². The molecule has 1 aromatic carbocycles. The van der Waals surface area contributed by atoms with Gasteiger partial charge in [-0.25, -0.2) is 14.6 Å². The summed E-state index contributed by atoms with van der Waals surface area (Å²) in [7, 11) is 1.36.